The number of allylic oxidation sites excluding steroid dienone is 1. The Morgan fingerprint density at radius 3 is 1.27 bits per heavy atom. The molecule has 11 nitrogen and oxygen atoms in total. The van der Waals surface area contributed by atoms with E-state index in [1.54, 1.807) is 6.08 Å². The summed E-state index contributed by atoms with van der Waals surface area (Å²) in [7, 11) is 0. The van der Waals surface area contributed by atoms with E-state index in [9.17, 15) is 35.1 Å². The molecule has 1 amide bonds. The molecule has 7 atom stereocenters. The van der Waals surface area contributed by atoms with E-state index in [0.717, 1.165) is 57.8 Å². The van der Waals surface area contributed by atoms with Gasteiger partial charge in [0.15, 0.2) is 6.29 Å². The molecular formula is C62H119NO10. The molecule has 1 aliphatic rings. The van der Waals surface area contributed by atoms with Crippen LogP contribution in [0.25, 0.3) is 0 Å². The number of amides is 1. The van der Waals surface area contributed by atoms with Crippen molar-refractivity contribution in [1.29, 1.82) is 0 Å². The molecule has 432 valence electrons. The molecule has 0 aromatic heterocycles. The summed E-state index contributed by atoms with van der Waals surface area (Å²) in [5.41, 5.74) is 0. The predicted octanol–water partition coefficient (Wildman–Crippen LogP) is 14.7. The highest BCUT2D eigenvalue weighted by Crippen LogP contribution is 2.23. The van der Waals surface area contributed by atoms with E-state index in [1.165, 1.54) is 225 Å². The van der Waals surface area contributed by atoms with Gasteiger partial charge < -0.3 is 45.1 Å². The van der Waals surface area contributed by atoms with Crippen molar-refractivity contribution in [2.24, 2.45) is 0 Å². The van der Waals surface area contributed by atoms with Gasteiger partial charge in [-0.15, -0.1) is 0 Å². The van der Waals surface area contributed by atoms with Gasteiger partial charge in [-0.2, -0.15) is 0 Å². The number of rotatable bonds is 55. The van der Waals surface area contributed by atoms with Crippen LogP contribution in [0.15, 0.2) is 12.2 Å². The number of ether oxygens (including phenoxy) is 3. The molecule has 1 aliphatic heterocycles. The van der Waals surface area contributed by atoms with Gasteiger partial charge in [0.05, 0.1) is 32.0 Å². The van der Waals surface area contributed by atoms with Crippen LogP contribution in [-0.2, 0) is 23.8 Å². The van der Waals surface area contributed by atoms with Gasteiger partial charge in [0.1, 0.15) is 24.4 Å². The fourth-order valence-electron chi connectivity index (χ4n) is 10.1. The largest absolute Gasteiger partial charge is 0.466 e. The second-order valence-electron chi connectivity index (χ2n) is 22.1. The Hall–Kier alpha value is -1.60. The number of hydrogen-bond donors (Lipinski definition) is 6. The highest BCUT2D eigenvalue weighted by Gasteiger charge is 2.44. The zero-order valence-corrected chi connectivity index (χ0v) is 47.6. The molecule has 11 heteroatoms. The van der Waals surface area contributed by atoms with E-state index >= 15 is 0 Å². The number of esters is 1. The first-order valence-electron chi connectivity index (χ1n) is 31.5. The lowest BCUT2D eigenvalue weighted by molar-refractivity contribution is -0.302. The molecular weight excluding hydrogens is 919 g/mol. The number of aliphatic hydroxyl groups is 5. The highest BCUT2D eigenvalue weighted by molar-refractivity contribution is 5.76. The molecule has 0 saturated carbocycles. The van der Waals surface area contributed by atoms with Gasteiger partial charge in [0.25, 0.3) is 0 Å². The summed E-state index contributed by atoms with van der Waals surface area (Å²) in [6.07, 6.45) is 51.9. The van der Waals surface area contributed by atoms with Crippen LogP contribution in [0, 0.1) is 0 Å². The van der Waals surface area contributed by atoms with Crippen molar-refractivity contribution in [3.63, 3.8) is 0 Å². The molecule has 1 saturated heterocycles. The Labute approximate surface area is 448 Å². The number of hydrogen-bond acceptors (Lipinski definition) is 10. The van der Waals surface area contributed by atoms with E-state index in [0.29, 0.717) is 19.4 Å². The van der Waals surface area contributed by atoms with Gasteiger partial charge in [0.2, 0.25) is 5.91 Å². The minimum atomic E-state index is -1.57. The second kappa shape index (κ2) is 52.5. The molecule has 6 N–H and O–H groups in total. The average Bonchev–Trinajstić information content (AvgIpc) is 3.39. The minimum absolute atomic E-state index is 0.00538. The van der Waals surface area contributed by atoms with Crippen molar-refractivity contribution >= 4 is 11.9 Å². The topological polar surface area (TPSA) is 175 Å². The Bertz CT molecular complexity index is 1220. The zero-order chi connectivity index (χ0) is 53.1. The van der Waals surface area contributed by atoms with Gasteiger partial charge in [0, 0.05) is 12.8 Å². The Morgan fingerprint density at radius 1 is 0.493 bits per heavy atom. The number of aliphatic hydroxyl groups excluding tert-OH is 5. The summed E-state index contributed by atoms with van der Waals surface area (Å²) in [4.78, 5) is 25.0. The lowest BCUT2D eigenvalue weighted by atomic mass is 9.99. The summed E-state index contributed by atoms with van der Waals surface area (Å²) >= 11 is 0. The first-order valence-corrected chi connectivity index (χ1v) is 31.5. The number of carbonyl (C=O) groups is 2. The third kappa shape index (κ3) is 42.1. The van der Waals surface area contributed by atoms with Crippen LogP contribution in [-0.4, -0.2) is 100 Å². The van der Waals surface area contributed by atoms with Gasteiger partial charge in [-0.25, -0.2) is 0 Å². The Morgan fingerprint density at radius 2 is 0.863 bits per heavy atom. The number of unbranched alkanes of at least 4 members (excludes halogenated alkanes) is 41. The molecule has 0 radical (unpaired) electrons. The lowest BCUT2D eigenvalue weighted by Crippen LogP contribution is -2.60. The SMILES string of the molecule is CCCCCCCCC/C=C/C(O)C(COC1OC(CO)C(O)C(O)C1O)NC(=O)CCCCCCCCCCCCCCCCCCCCCCCCCCOC(=O)CCCCCCCCCCCCCC. The van der Waals surface area contributed by atoms with Crippen LogP contribution < -0.4 is 5.32 Å². The van der Waals surface area contributed by atoms with Crippen molar-refractivity contribution in [3.05, 3.63) is 12.2 Å². The maximum Gasteiger partial charge on any atom is 0.305 e. The van der Waals surface area contributed by atoms with Crippen molar-refractivity contribution in [1.82, 2.24) is 5.32 Å². The summed E-state index contributed by atoms with van der Waals surface area (Å²) in [6, 6.07) is -0.806. The van der Waals surface area contributed by atoms with Crippen molar-refractivity contribution in [2.75, 3.05) is 19.8 Å². The maximum atomic E-state index is 13.0. The van der Waals surface area contributed by atoms with Crippen molar-refractivity contribution in [2.45, 2.75) is 352 Å². The number of carbonyl (C=O) groups excluding carboxylic acids is 2. The first-order chi connectivity index (χ1) is 35.7. The fraction of sp³-hybridized carbons (Fsp3) is 0.935. The fourth-order valence-corrected chi connectivity index (χ4v) is 10.1. The van der Waals surface area contributed by atoms with E-state index in [2.05, 4.69) is 19.2 Å². The Kier molecular flexibility index (Phi) is 49.9. The number of nitrogens with one attached hydrogen (secondary N) is 1. The molecule has 1 rings (SSSR count). The summed E-state index contributed by atoms with van der Waals surface area (Å²) in [5, 5.41) is 54.2. The van der Waals surface area contributed by atoms with Gasteiger partial charge >= 0.3 is 5.97 Å². The van der Waals surface area contributed by atoms with Crippen LogP contribution in [0.3, 0.4) is 0 Å². The standard InChI is InChI=1S/C62H119NO10/c1-3-5-7-9-11-13-14-30-34-38-42-46-50-58(67)71-51-47-43-39-35-31-28-26-24-22-20-18-16-15-17-19-21-23-25-27-29-33-37-41-45-49-57(66)63-54(55(65)48-44-40-36-32-12-10-8-6-4-2)53-72-62-61(70)60(69)59(68)56(52-64)73-62/h44,48,54-56,59-62,64-65,68-70H,3-43,45-47,49-53H2,1-2H3,(H,63,66)/b48-44+. The van der Waals surface area contributed by atoms with Gasteiger partial charge in [-0.3, -0.25) is 9.59 Å². The molecule has 1 heterocycles. The van der Waals surface area contributed by atoms with E-state index < -0.39 is 49.5 Å². The van der Waals surface area contributed by atoms with Crippen LogP contribution in [0.1, 0.15) is 309 Å². The van der Waals surface area contributed by atoms with Gasteiger partial charge in [-0.1, -0.05) is 276 Å². The smallest absolute Gasteiger partial charge is 0.305 e. The molecule has 0 bridgehead atoms. The van der Waals surface area contributed by atoms with E-state index in [1.807, 2.05) is 6.08 Å². The van der Waals surface area contributed by atoms with Gasteiger partial charge in [-0.05, 0) is 32.1 Å². The third-order valence-electron chi connectivity index (χ3n) is 15.2. The maximum absolute atomic E-state index is 13.0. The van der Waals surface area contributed by atoms with E-state index in [4.69, 9.17) is 14.2 Å². The predicted molar refractivity (Wildman–Crippen MR) is 301 cm³/mol. The molecule has 0 spiro atoms. The zero-order valence-electron chi connectivity index (χ0n) is 47.6. The van der Waals surface area contributed by atoms with Crippen molar-refractivity contribution in [3.8, 4) is 0 Å². The second-order valence-corrected chi connectivity index (χ2v) is 22.1. The molecule has 0 aromatic rings. The van der Waals surface area contributed by atoms with Crippen LogP contribution in [0.2, 0.25) is 0 Å². The molecule has 7 unspecified atom stereocenters. The van der Waals surface area contributed by atoms with E-state index in [-0.39, 0.29) is 18.5 Å². The molecule has 0 aromatic carbocycles. The third-order valence-corrected chi connectivity index (χ3v) is 15.2. The van der Waals surface area contributed by atoms with Crippen LogP contribution in [0.5, 0.6) is 0 Å². The molecule has 73 heavy (non-hydrogen) atoms. The normalized spacial score (nSPS) is 18.9. The Balaban J connectivity index is 1.97. The van der Waals surface area contributed by atoms with Crippen molar-refractivity contribution < 1.29 is 49.3 Å². The summed E-state index contributed by atoms with van der Waals surface area (Å²) in [5.74, 6) is -0.176. The quantitative estimate of drug-likeness (QED) is 0.0195. The van der Waals surface area contributed by atoms with Crippen LogP contribution in [0.4, 0.5) is 0 Å². The highest BCUT2D eigenvalue weighted by atomic mass is 16.7. The first kappa shape index (κ1) is 69.4. The summed E-state index contributed by atoms with van der Waals surface area (Å²) < 4.78 is 16.7. The minimum Gasteiger partial charge on any atom is -0.466 e. The average molecular weight is 1040 g/mol. The van der Waals surface area contributed by atoms with Crippen LogP contribution >= 0.6 is 0 Å². The molecule has 1 fully saturated rings. The molecule has 0 aliphatic carbocycles. The monoisotopic (exact) mass is 1040 g/mol. The summed E-state index contributed by atoms with van der Waals surface area (Å²) in [6.45, 7) is 4.34. The lowest BCUT2D eigenvalue weighted by Gasteiger charge is -2.40.